The highest BCUT2D eigenvalue weighted by atomic mass is 16.6. The van der Waals surface area contributed by atoms with E-state index in [1.54, 1.807) is 35.2 Å². The molecule has 4 aromatic rings. The van der Waals surface area contributed by atoms with Crippen molar-refractivity contribution >= 4 is 17.3 Å². The Bertz CT molecular complexity index is 1370. The van der Waals surface area contributed by atoms with Gasteiger partial charge in [0.25, 0.3) is 11.6 Å². The van der Waals surface area contributed by atoms with Crippen molar-refractivity contribution in [2.45, 2.75) is 13.8 Å². The molecule has 35 heavy (non-hydrogen) atoms. The van der Waals surface area contributed by atoms with Crippen molar-refractivity contribution in [2.75, 3.05) is 31.1 Å². The van der Waals surface area contributed by atoms with Gasteiger partial charge < -0.3 is 14.2 Å². The lowest BCUT2D eigenvalue weighted by Gasteiger charge is -2.36. The van der Waals surface area contributed by atoms with Crippen LogP contribution >= 0.6 is 0 Å². The van der Waals surface area contributed by atoms with E-state index < -0.39 is 4.92 Å². The molecule has 5 rings (SSSR count). The number of nitrogens with zero attached hydrogens (tertiary/aromatic N) is 5. The molecule has 0 unspecified atom stereocenters. The van der Waals surface area contributed by atoms with Crippen LogP contribution in [0.15, 0.2) is 71.3 Å². The highest BCUT2D eigenvalue weighted by Gasteiger charge is 2.27. The van der Waals surface area contributed by atoms with Crippen LogP contribution < -0.4 is 4.90 Å². The molecule has 1 aliphatic heterocycles. The monoisotopic (exact) mass is 471 g/mol. The maximum Gasteiger partial charge on any atom is 0.272 e. The van der Waals surface area contributed by atoms with Gasteiger partial charge in [-0.25, -0.2) is 4.68 Å². The van der Waals surface area contributed by atoms with Gasteiger partial charge in [-0.05, 0) is 49.7 Å². The maximum atomic E-state index is 13.7. The Morgan fingerprint density at radius 2 is 1.74 bits per heavy atom. The molecule has 2 aromatic carbocycles. The summed E-state index contributed by atoms with van der Waals surface area (Å²) in [6.45, 7) is 6.37. The number of piperazine rings is 1. The predicted octanol–water partition coefficient (Wildman–Crippen LogP) is 4.62. The summed E-state index contributed by atoms with van der Waals surface area (Å²) in [5.74, 6) is 0.504. The van der Waals surface area contributed by atoms with Crippen LogP contribution in [-0.4, -0.2) is 51.7 Å². The fraction of sp³-hybridized carbons (Fsp3) is 0.231. The van der Waals surface area contributed by atoms with Crippen molar-refractivity contribution in [1.29, 1.82) is 0 Å². The summed E-state index contributed by atoms with van der Waals surface area (Å²) < 4.78 is 7.24. The molecular weight excluding hydrogens is 446 g/mol. The first-order chi connectivity index (χ1) is 16.9. The number of benzene rings is 2. The van der Waals surface area contributed by atoms with Gasteiger partial charge in [0.2, 0.25) is 0 Å². The van der Waals surface area contributed by atoms with Crippen molar-refractivity contribution in [3.8, 4) is 17.1 Å². The standard InChI is InChI=1S/C26H25N5O4/c1-18-5-10-23(19(2)16-18)30-24(17-22(27-30)25-4-3-15-35-25)26(32)29-13-11-28(12-14-29)20-6-8-21(9-7-20)31(33)34/h3-10,15-17H,11-14H2,1-2H3. The van der Waals surface area contributed by atoms with E-state index in [0.29, 0.717) is 43.3 Å². The number of aromatic nitrogens is 2. The van der Waals surface area contributed by atoms with Crippen LogP contribution in [0.2, 0.25) is 0 Å². The molecule has 9 heteroatoms. The highest BCUT2D eigenvalue weighted by molar-refractivity contribution is 5.94. The summed E-state index contributed by atoms with van der Waals surface area (Å²) in [4.78, 5) is 28.1. The van der Waals surface area contributed by atoms with Gasteiger partial charge >= 0.3 is 0 Å². The number of furan rings is 1. The van der Waals surface area contributed by atoms with E-state index in [-0.39, 0.29) is 11.6 Å². The molecule has 1 amide bonds. The number of aryl methyl sites for hydroxylation is 2. The number of nitro benzene ring substituents is 1. The van der Waals surface area contributed by atoms with Crippen molar-refractivity contribution in [1.82, 2.24) is 14.7 Å². The second-order valence-corrected chi connectivity index (χ2v) is 8.65. The first-order valence-electron chi connectivity index (χ1n) is 11.4. The fourth-order valence-corrected chi connectivity index (χ4v) is 4.42. The van der Waals surface area contributed by atoms with Crippen molar-refractivity contribution < 1.29 is 14.1 Å². The van der Waals surface area contributed by atoms with E-state index in [9.17, 15) is 14.9 Å². The minimum Gasteiger partial charge on any atom is -0.463 e. The maximum absolute atomic E-state index is 13.7. The number of carbonyl (C=O) groups excluding carboxylic acids is 1. The number of hydrogen-bond donors (Lipinski definition) is 0. The molecule has 0 radical (unpaired) electrons. The molecule has 0 aliphatic carbocycles. The van der Waals surface area contributed by atoms with Gasteiger partial charge in [-0.2, -0.15) is 5.10 Å². The molecule has 2 aromatic heterocycles. The molecule has 1 fully saturated rings. The minimum atomic E-state index is -0.406. The Morgan fingerprint density at radius 1 is 1.00 bits per heavy atom. The van der Waals surface area contributed by atoms with Crippen LogP contribution in [0.4, 0.5) is 11.4 Å². The molecule has 1 saturated heterocycles. The molecule has 178 valence electrons. The average molecular weight is 472 g/mol. The summed E-state index contributed by atoms with van der Waals surface area (Å²) >= 11 is 0. The van der Waals surface area contributed by atoms with Crippen LogP contribution in [-0.2, 0) is 0 Å². The van der Waals surface area contributed by atoms with Gasteiger partial charge in [0, 0.05) is 50.1 Å². The number of carbonyl (C=O) groups is 1. The zero-order valence-electron chi connectivity index (χ0n) is 19.5. The first-order valence-corrected chi connectivity index (χ1v) is 11.4. The van der Waals surface area contributed by atoms with Crippen molar-refractivity contribution in [3.05, 3.63) is 93.9 Å². The molecule has 0 spiro atoms. The molecule has 1 aliphatic rings. The number of anilines is 1. The molecule has 9 nitrogen and oxygen atoms in total. The van der Waals surface area contributed by atoms with Gasteiger partial charge in [0.05, 0.1) is 16.9 Å². The van der Waals surface area contributed by atoms with Crippen molar-refractivity contribution in [2.24, 2.45) is 0 Å². The van der Waals surface area contributed by atoms with Crippen molar-refractivity contribution in [3.63, 3.8) is 0 Å². The van der Waals surface area contributed by atoms with Crippen LogP contribution in [0.1, 0.15) is 21.6 Å². The summed E-state index contributed by atoms with van der Waals surface area (Å²) in [7, 11) is 0. The number of rotatable bonds is 5. The van der Waals surface area contributed by atoms with E-state index in [4.69, 9.17) is 9.52 Å². The highest BCUT2D eigenvalue weighted by Crippen LogP contribution is 2.26. The molecule has 0 atom stereocenters. The fourth-order valence-electron chi connectivity index (χ4n) is 4.42. The van der Waals surface area contributed by atoms with Gasteiger partial charge in [-0.15, -0.1) is 0 Å². The van der Waals surface area contributed by atoms with Crippen LogP contribution in [0.25, 0.3) is 17.1 Å². The second kappa shape index (κ2) is 9.09. The third kappa shape index (κ3) is 4.40. The molecule has 0 saturated carbocycles. The minimum absolute atomic E-state index is 0.0644. The SMILES string of the molecule is Cc1ccc(-n2nc(-c3ccco3)cc2C(=O)N2CCN(c3ccc([N+](=O)[O-])cc3)CC2)c(C)c1. The third-order valence-corrected chi connectivity index (χ3v) is 6.28. The van der Waals surface area contributed by atoms with Crippen LogP contribution in [0.5, 0.6) is 0 Å². The lowest BCUT2D eigenvalue weighted by molar-refractivity contribution is -0.384. The van der Waals surface area contributed by atoms with Crippen LogP contribution in [0, 0.1) is 24.0 Å². The Morgan fingerprint density at radius 3 is 2.37 bits per heavy atom. The molecule has 3 heterocycles. The van der Waals surface area contributed by atoms with Gasteiger partial charge in [-0.1, -0.05) is 17.7 Å². The zero-order valence-corrected chi connectivity index (χ0v) is 19.5. The Kier molecular flexibility index (Phi) is 5.82. The molecular formula is C26H25N5O4. The molecule has 0 N–H and O–H groups in total. The number of amides is 1. The van der Waals surface area contributed by atoms with Crippen LogP contribution in [0.3, 0.4) is 0 Å². The largest absolute Gasteiger partial charge is 0.463 e. The third-order valence-electron chi connectivity index (χ3n) is 6.28. The first kappa shape index (κ1) is 22.4. The zero-order chi connectivity index (χ0) is 24.5. The lowest BCUT2D eigenvalue weighted by Crippen LogP contribution is -2.49. The number of hydrogen-bond acceptors (Lipinski definition) is 6. The molecule has 0 bridgehead atoms. The summed E-state index contributed by atoms with van der Waals surface area (Å²) in [6, 6.07) is 18.0. The topological polar surface area (TPSA) is 97.7 Å². The summed E-state index contributed by atoms with van der Waals surface area (Å²) in [5, 5.41) is 15.6. The van der Waals surface area contributed by atoms with Gasteiger partial charge in [0.1, 0.15) is 11.4 Å². The van der Waals surface area contributed by atoms with E-state index >= 15 is 0 Å². The van der Waals surface area contributed by atoms with E-state index in [1.807, 2.05) is 36.9 Å². The van der Waals surface area contributed by atoms with E-state index in [2.05, 4.69) is 11.0 Å². The lowest BCUT2D eigenvalue weighted by atomic mass is 10.1. The number of nitro groups is 1. The van der Waals surface area contributed by atoms with E-state index in [1.165, 1.54) is 12.1 Å². The Hall–Kier alpha value is -4.40. The van der Waals surface area contributed by atoms with Gasteiger partial charge in [-0.3, -0.25) is 14.9 Å². The predicted molar refractivity (Wildman–Crippen MR) is 132 cm³/mol. The Balaban J connectivity index is 1.39. The average Bonchev–Trinajstić information content (AvgIpc) is 3.54. The second-order valence-electron chi connectivity index (χ2n) is 8.65. The smallest absolute Gasteiger partial charge is 0.272 e. The van der Waals surface area contributed by atoms with E-state index in [0.717, 1.165) is 22.5 Å². The summed E-state index contributed by atoms with van der Waals surface area (Å²) in [5.41, 5.74) is 5.06. The summed E-state index contributed by atoms with van der Waals surface area (Å²) in [6.07, 6.45) is 1.59. The quantitative estimate of drug-likeness (QED) is 0.311. The Labute approximate surface area is 202 Å². The number of non-ortho nitro benzene ring substituents is 1. The van der Waals surface area contributed by atoms with Gasteiger partial charge in [0.15, 0.2) is 5.76 Å². The normalized spacial score (nSPS) is 13.8.